The fraction of sp³-hybridized carbons (Fsp3) is 0. The van der Waals surface area contributed by atoms with Crippen LogP contribution in [-0.4, -0.2) is 0 Å². The molecule has 0 N–H and O–H groups in total. The van der Waals surface area contributed by atoms with Crippen LogP contribution in [0.1, 0.15) is 0 Å². The van der Waals surface area contributed by atoms with Crippen molar-refractivity contribution >= 4 is 32.3 Å². The molecule has 0 bridgehead atoms. The molecular formula is C36H24. The Hall–Kier alpha value is -4.68. The van der Waals surface area contributed by atoms with Gasteiger partial charge in [0, 0.05) is 0 Å². The van der Waals surface area contributed by atoms with E-state index in [1.54, 1.807) is 0 Å². The van der Waals surface area contributed by atoms with E-state index in [9.17, 15) is 0 Å². The lowest BCUT2D eigenvalue weighted by Gasteiger charge is -2.15. The van der Waals surface area contributed by atoms with Crippen molar-refractivity contribution in [1.29, 1.82) is 0 Å². The van der Waals surface area contributed by atoms with Gasteiger partial charge in [-0.3, -0.25) is 0 Å². The number of fused-ring (bicyclic) bond motifs is 3. The average molecular weight is 457 g/mol. The summed E-state index contributed by atoms with van der Waals surface area (Å²) in [5.41, 5.74) is 7.53. The van der Waals surface area contributed by atoms with Gasteiger partial charge in [0.1, 0.15) is 0 Å². The van der Waals surface area contributed by atoms with Gasteiger partial charge in [0.2, 0.25) is 0 Å². The van der Waals surface area contributed by atoms with Crippen LogP contribution in [0.15, 0.2) is 146 Å². The number of benzene rings is 7. The van der Waals surface area contributed by atoms with Crippen LogP contribution >= 0.6 is 0 Å². The molecule has 0 heterocycles. The van der Waals surface area contributed by atoms with Crippen molar-refractivity contribution in [3.8, 4) is 33.4 Å². The van der Waals surface area contributed by atoms with Gasteiger partial charge in [-0.25, -0.2) is 0 Å². The van der Waals surface area contributed by atoms with Crippen molar-refractivity contribution in [2.24, 2.45) is 0 Å². The minimum absolute atomic E-state index is 1.24. The van der Waals surface area contributed by atoms with Crippen molar-refractivity contribution in [2.45, 2.75) is 0 Å². The summed E-state index contributed by atoms with van der Waals surface area (Å²) < 4.78 is 0. The summed E-state index contributed by atoms with van der Waals surface area (Å²) >= 11 is 0. The van der Waals surface area contributed by atoms with Crippen molar-refractivity contribution < 1.29 is 0 Å². The van der Waals surface area contributed by atoms with Gasteiger partial charge in [-0.2, -0.15) is 0 Å². The summed E-state index contributed by atoms with van der Waals surface area (Å²) in [5, 5.41) is 7.65. The molecule has 0 aliphatic heterocycles. The lowest BCUT2D eigenvalue weighted by molar-refractivity contribution is 1.61. The summed E-state index contributed by atoms with van der Waals surface area (Å²) in [6, 6.07) is 52.8. The first kappa shape index (κ1) is 20.7. The van der Waals surface area contributed by atoms with E-state index in [4.69, 9.17) is 0 Å². The largest absolute Gasteiger partial charge is 0.0622 e. The molecule has 0 aromatic heterocycles. The lowest BCUT2D eigenvalue weighted by Crippen LogP contribution is -1.88. The highest BCUT2D eigenvalue weighted by molar-refractivity contribution is 6.14. The second-order valence-electron chi connectivity index (χ2n) is 9.38. The van der Waals surface area contributed by atoms with Crippen LogP contribution in [0.2, 0.25) is 0 Å². The van der Waals surface area contributed by atoms with Gasteiger partial charge < -0.3 is 0 Å². The first-order valence-electron chi connectivity index (χ1n) is 12.4. The monoisotopic (exact) mass is 456 g/mol. The van der Waals surface area contributed by atoms with Crippen molar-refractivity contribution in [2.75, 3.05) is 0 Å². The van der Waals surface area contributed by atoms with Crippen molar-refractivity contribution in [3.63, 3.8) is 0 Å². The Morgan fingerprint density at radius 3 is 1.81 bits per heavy atom. The maximum absolute atomic E-state index is 2.38. The van der Waals surface area contributed by atoms with Crippen LogP contribution in [0.3, 0.4) is 0 Å². The Morgan fingerprint density at radius 2 is 0.917 bits per heavy atom. The molecule has 36 heavy (non-hydrogen) atoms. The Kier molecular flexibility index (Phi) is 4.89. The van der Waals surface area contributed by atoms with Gasteiger partial charge >= 0.3 is 0 Å². The second-order valence-corrected chi connectivity index (χ2v) is 9.38. The second kappa shape index (κ2) is 8.52. The predicted octanol–water partition coefficient (Wildman–Crippen LogP) is 10.1. The van der Waals surface area contributed by atoms with E-state index in [-0.39, 0.29) is 0 Å². The highest BCUT2D eigenvalue weighted by Gasteiger charge is 2.13. The molecule has 0 unspecified atom stereocenters. The molecule has 7 aromatic rings. The number of rotatable bonds is 3. The van der Waals surface area contributed by atoms with Gasteiger partial charge in [-0.05, 0) is 83.9 Å². The predicted molar refractivity (Wildman–Crippen MR) is 155 cm³/mol. The molecule has 0 saturated carbocycles. The van der Waals surface area contributed by atoms with E-state index in [0.29, 0.717) is 0 Å². The van der Waals surface area contributed by atoms with Crippen LogP contribution < -0.4 is 0 Å². The fourth-order valence-corrected chi connectivity index (χ4v) is 5.50. The summed E-state index contributed by atoms with van der Waals surface area (Å²) in [5.74, 6) is 0. The van der Waals surface area contributed by atoms with Crippen molar-refractivity contribution in [3.05, 3.63) is 146 Å². The minimum atomic E-state index is 1.24. The molecule has 0 nitrogen and oxygen atoms in total. The fourth-order valence-electron chi connectivity index (χ4n) is 5.50. The summed E-state index contributed by atoms with van der Waals surface area (Å²) in [4.78, 5) is 0. The molecule has 0 amide bonds. The molecule has 168 valence electrons. The molecule has 0 fully saturated rings. The van der Waals surface area contributed by atoms with Gasteiger partial charge in [-0.1, -0.05) is 127 Å². The topological polar surface area (TPSA) is 0 Å². The zero-order valence-corrected chi connectivity index (χ0v) is 19.9. The van der Waals surface area contributed by atoms with E-state index in [1.807, 2.05) is 0 Å². The summed E-state index contributed by atoms with van der Waals surface area (Å²) in [7, 11) is 0. The molecule has 0 radical (unpaired) electrons. The third kappa shape index (κ3) is 3.47. The maximum Gasteiger partial charge on any atom is -0.00264 e. The lowest BCUT2D eigenvalue weighted by atomic mass is 9.88. The van der Waals surface area contributed by atoms with Crippen LogP contribution in [0, 0.1) is 0 Å². The van der Waals surface area contributed by atoms with Gasteiger partial charge in [0.25, 0.3) is 0 Å². The summed E-state index contributed by atoms with van der Waals surface area (Å²) in [6.07, 6.45) is 0. The molecule has 0 saturated heterocycles. The Bertz CT molecular complexity index is 1870. The SMILES string of the molecule is c1ccc(-c2cccc(-c3c4ccccc4cc4ccc(-c5cccc6ccccc56)cc34)c2)cc1. The molecule has 0 spiro atoms. The first-order chi connectivity index (χ1) is 17.8. The van der Waals surface area contributed by atoms with E-state index < -0.39 is 0 Å². The van der Waals surface area contributed by atoms with Crippen molar-refractivity contribution in [1.82, 2.24) is 0 Å². The molecule has 0 aliphatic rings. The molecule has 0 atom stereocenters. The standard InChI is InChI=1S/C36H24/c1-2-10-25(11-3-1)27-15-8-16-31(22-27)36-34-18-7-5-13-28(34)23-29-20-21-30(24-35(29)36)33-19-9-14-26-12-4-6-17-32(26)33/h1-24H. The molecule has 7 rings (SSSR count). The van der Waals surface area contributed by atoms with Crippen LogP contribution in [0.25, 0.3) is 65.7 Å². The molecule has 0 aliphatic carbocycles. The highest BCUT2D eigenvalue weighted by atomic mass is 14.2. The quantitative estimate of drug-likeness (QED) is 0.232. The van der Waals surface area contributed by atoms with Crippen LogP contribution in [0.4, 0.5) is 0 Å². The molecular weight excluding hydrogens is 432 g/mol. The third-order valence-electron chi connectivity index (χ3n) is 7.22. The van der Waals surface area contributed by atoms with E-state index in [2.05, 4.69) is 146 Å². The summed E-state index contributed by atoms with van der Waals surface area (Å²) in [6.45, 7) is 0. The highest BCUT2D eigenvalue weighted by Crippen LogP contribution is 2.40. The maximum atomic E-state index is 2.38. The zero-order chi connectivity index (χ0) is 23.9. The van der Waals surface area contributed by atoms with Gasteiger partial charge in [0.15, 0.2) is 0 Å². The third-order valence-corrected chi connectivity index (χ3v) is 7.22. The first-order valence-corrected chi connectivity index (χ1v) is 12.4. The average Bonchev–Trinajstić information content (AvgIpc) is 2.96. The number of hydrogen-bond donors (Lipinski definition) is 0. The normalized spacial score (nSPS) is 11.3. The van der Waals surface area contributed by atoms with E-state index in [1.165, 1.54) is 65.7 Å². The molecule has 7 aromatic carbocycles. The van der Waals surface area contributed by atoms with E-state index >= 15 is 0 Å². The van der Waals surface area contributed by atoms with E-state index in [0.717, 1.165) is 0 Å². The van der Waals surface area contributed by atoms with Crippen LogP contribution in [0.5, 0.6) is 0 Å². The van der Waals surface area contributed by atoms with Gasteiger partial charge in [-0.15, -0.1) is 0 Å². The minimum Gasteiger partial charge on any atom is -0.0622 e. The Morgan fingerprint density at radius 1 is 0.278 bits per heavy atom. The number of hydrogen-bond acceptors (Lipinski definition) is 0. The van der Waals surface area contributed by atoms with Gasteiger partial charge in [0.05, 0.1) is 0 Å². The Labute approximate surface area is 211 Å². The van der Waals surface area contributed by atoms with Crippen LogP contribution in [-0.2, 0) is 0 Å². The smallest absolute Gasteiger partial charge is 0.00264 e. The molecule has 0 heteroatoms. The zero-order valence-electron chi connectivity index (χ0n) is 19.9. The Balaban J connectivity index is 1.52.